The molecule has 104 valence electrons. The van der Waals surface area contributed by atoms with E-state index in [1.807, 2.05) is 11.8 Å². The van der Waals surface area contributed by atoms with Gasteiger partial charge in [-0.25, -0.2) is 0 Å². The van der Waals surface area contributed by atoms with Gasteiger partial charge in [0, 0.05) is 9.80 Å². The summed E-state index contributed by atoms with van der Waals surface area (Å²) < 4.78 is 0. The van der Waals surface area contributed by atoms with Crippen LogP contribution in [0.5, 0.6) is 0 Å². The van der Waals surface area contributed by atoms with Crippen molar-refractivity contribution in [2.75, 3.05) is 0 Å². The zero-order valence-corrected chi connectivity index (χ0v) is 13.5. The van der Waals surface area contributed by atoms with Crippen molar-refractivity contribution in [2.45, 2.75) is 38.0 Å². The molecular formula is C19H22S. The van der Waals surface area contributed by atoms with Gasteiger partial charge < -0.3 is 0 Å². The molecule has 20 heavy (non-hydrogen) atoms. The van der Waals surface area contributed by atoms with Gasteiger partial charge in [-0.2, -0.15) is 0 Å². The van der Waals surface area contributed by atoms with E-state index in [9.17, 15) is 0 Å². The number of hydrogen-bond acceptors (Lipinski definition) is 1. The topological polar surface area (TPSA) is 0 Å². The first-order valence-electron chi connectivity index (χ1n) is 7.01. The Hall–Kier alpha value is -1.47. The quantitative estimate of drug-likeness (QED) is 0.609. The van der Waals surface area contributed by atoms with Gasteiger partial charge in [0.25, 0.3) is 0 Å². The molecule has 0 fully saturated rings. The van der Waals surface area contributed by atoms with E-state index in [2.05, 4.69) is 88.4 Å². The Balaban J connectivity index is 2.21. The highest BCUT2D eigenvalue weighted by Gasteiger charge is 2.13. The minimum atomic E-state index is 0.210. The molecule has 0 aliphatic heterocycles. The van der Waals surface area contributed by atoms with Crippen LogP contribution in [0.4, 0.5) is 0 Å². The molecule has 0 bridgehead atoms. The summed E-state index contributed by atoms with van der Waals surface area (Å²) in [4.78, 5) is 2.58. The minimum Gasteiger partial charge on any atom is -0.0898 e. The van der Waals surface area contributed by atoms with Crippen molar-refractivity contribution in [3.63, 3.8) is 0 Å². The molecular weight excluding hydrogens is 260 g/mol. The number of benzene rings is 2. The molecule has 0 aliphatic carbocycles. The first-order valence-corrected chi connectivity index (χ1v) is 7.82. The summed E-state index contributed by atoms with van der Waals surface area (Å²) in [6.45, 7) is 8.84. The monoisotopic (exact) mass is 282 g/mol. The van der Waals surface area contributed by atoms with Crippen LogP contribution in [0.3, 0.4) is 0 Å². The number of rotatable bonds is 3. The van der Waals surface area contributed by atoms with E-state index in [1.54, 1.807) is 0 Å². The van der Waals surface area contributed by atoms with Crippen LogP contribution in [0.2, 0.25) is 0 Å². The van der Waals surface area contributed by atoms with Gasteiger partial charge >= 0.3 is 0 Å². The Kier molecular flexibility index (Phi) is 4.72. The molecule has 0 spiro atoms. The molecule has 1 heteroatoms. The minimum absolute atomic E-state index is 0.210. The average Bonchev–Trinajstić information content (AvgIpc) is 2.45. The van der Waals surface area contributed by atoms with E-state index in [-0.39, 0.29) is 5.41 Å². The van der Waals surface area contributed by atoms with Gasteiger partial charge in [0.1, 0.15) is 0 Å². The summed E-state index contributed by atoms with van der Waals surface area (Å²) in [5.41, 5.74) is 2.87. The van der Waals surface area contributed by atoms with Gasteiger partial charge in [0.15, 0.2) is 0 Å². The maximum absolute atomic E-state index is 2.25. The van der Waals surface area contributed by atoms with Crippen LogP contribution in [0, 0.1) is 0 Å². The summed E-state index contributed by atoms with van der Waals surface area (Å²) in [6, 6.07) is 19.5. The lowest BCUT2D eigenvalue weighted by Crippen LogP contribution is -2.10. The number of thioether (sulfide) groups is 1. The smallest absolute Gasteiger partial charge is 0.0152 e. The van der Waals surface area contributed by atoms with Gasteiger partial charge in [0.05, 0.1) is 0 Å². The third kappa shape index (κ3) is 3.77. The maximum atomic E-state index is 2.25. The second-order valence-corrected chi connectivity index (χ2v) is 7.01. The van der Waals surface area contributed by atoms with E-state index in [0.717, 1.165) is 0 Å². The van der Waals surface area contributed by atoms with Crippen LogP contribution in [0.1, 0.15) is 38.8 Å². The van der Waals surface area contributed by atoms with Gasteiger partial charge in [-0.1, -0.05) is 81.1 Å². The maximum Gasteiger partial charge on any atom is 0.0152 e. The van der Waals surface area contributed by atoms with Crippen LogP contribution in [0.25, 0.3) is 4.91 Å². The van der Waals surface area contributed by atoms with Crippen molar-refractivity contribution in [2.24, 2.45) is 0 Å². The molecule has 0 unspecified atom stereocenters. The summed E-state index contributed by atoms with van der Waals surface area (Å²) in [5.74, 6) is 0. The van der Waals surface area contributed by atoms with Gasteiger partial charge in [-0.3, -0.25) is 0 Å². The van der Waals surface area contributed by atoms with Crippen LogP contribution >= 0.6 is 11.8 Å². The second-order valence-electron chi connectivity index (χ2n) is 5.90. The molecule has 2 aromatic carbocycles. The molecule has 0 N–H and O–H groups in total. The fourth-order valence-corrected chi connectivity index (χ4v) is 2.95. The highest BCUT2D eigenvalue weighted by molar-refractivity contribution is 8.08. The molecule has 0 saturated carbocycles. The zero-order chi connectivity index (χ0) is 14.6. The highest BCUT2D eigenvalue weighted by atomic mass is 32.2. The lowest BCUT2D eigenvalue weighted by atomic mass is 9.87. The van der Waals surface area contributed by atoms with E-state index in [0.29, 0.717) is 0 Å². The summed E-state index contributed by atoms with van der Waals surface area (Å²) in [7, 11) is 0. The van der Waals surface area contributed by atoms with Crippen LogP contribution in [0.15, 0.2) is 65.6 Å². The first kappa shape index (κ1) is 14.9. The SMILES string of the molecule is C/C=C(\Sc1ccccc1)c1ccc(C(C)(C)C)cc1. The molecule has 0 heterocycles. The van der Waals surface area contributed by atoms with Crippen molar-refractivity contribution >= 4 is 16.7 Å². The molecule has 0 saturated heterocycles. The van der Waals surface area contributed by atoms with Gasteiger partial charge in [0.2, 0.25) is 0 Å². The summed E-state index contributed by atoms with van der Waals surface area (Å²) in [5, 5.41) is 0. The molecule has 2 aromatic rings. The molecule has 0 aromatic heterocycles. The van der Waals surface area contributed by atoms with E-state index in [1.165, 1.54) is 20.9 Å². The summed E-state index contributed by atoms with van der Waals surface area (Å²) >= 11 is 1.82. The van der Waals surface area contributed by atoms with Gasteiger partial charge in [-0.15, -0.1) is 0 Å². The zero-order valence-electron chi connectivity index (χ0n) is 12.7. The Morgan fingerprint density at radius 3 is 2.00 bits per heavy atom. The highest BCUT2D eigenvalue weighted by Crippen LogP contribution is 2.34. The fraction of sp³-hybridized carbons (Fsp3) is 0.263. The van der Waals surface area contributed by atoms with Crippen molar-refractivity contribution < 1.29 is 0 Å². The van der Waals surface area contributed by atoms with E-state index >= 15 is 0 Å². The molecule has 0 nitrogen and oxygen atoms in total. The van der Waals surface area contributed by atoms with Crippen molar-refractivity contribution in [1.82, 2.24) is 0 Å². The molecule has 0 amide bonds. The molecule has 0 atom stereocenters. The molecule has 0 radical (unpaired) electrons. The fourth-order valence-electron chi connectivity index (χ4n) is 2.03. The van der Waals surface area contributed by atoms with Crippen molar-refractivity contribution in [3.05, 3.63) is 71.8 Å². The third-order valence-corrected chi connectivity index (χ3v) is 4.47. The standard InChI is InChI=1S/C19H22S/c1-5-18(20-17-9-7-6-8-10-17)15-11-13-16(14-12-15)19(2,3)4/h5-14H,1-4H3/b18-5-. The Morgan fingerprint density at radius 1 is 0.900 bits per heavy atom. The predicted molar refractivity (Wildman–Crippen MR) is 91.1 cm³/mol. The van der Waals surface area contributed by atoms with E-state index < -0.39 is 0 Å². The molecule has 0 aliphatic rings. The van der Waals surface area contributed by atoms with Crippen molar-refractivity contribution in [1.29, 1.82) is 0 Å². The second kappa shape index (κ2) is 6.32. The van der Waals surface area contributed by atoms with Crippen LogP contribution in [-0.2, 0) is 5.41 Å². The Labute approximate surface area is 126 Å². The first-order chi connectivity index (χ1) is 9.50. The number of hydrogen-bond donors (Lipinski definition) is 0. The number of allylic oxidation sites excluding steroid dienone is 1. The Bertz CT molecular complexity index is 571. The van der Waals surface area contributed by atoms with Gasteiger partial charge in [-0.05, 0) is 35.6 Å². The summed E-state index contributed by atoms with van der Waals surface area (Å²) in [6.07, 6.45) is 2.18. The van der Waals surface area contributed by atoms with Crippen LogP contribution in [-0.4, -0.2) is 0 Å². The van der Waals surface area contributed by atoms with E-state index in [4.69, 9.17) is 0 Å². The lowest BCUT2D eigenvalue weighted by Gasteiger charge is -2.19. The third-order valence-electron chi connectivity index (χ3n) is 3.27. The lowest BCUT2D eigenvalue weighted by molar-refractivity contribution is 0.590. The predicted octanol–water partition coefficient (Wildman–Crippen LogP) is 6.14. The normalized spacial score (nSPS) is 12.5. The average molecular weight is 282 g/mol. The Morgan fingerprint density at radius 2 is 1.50 bits per heavy atom. The van der Waals surface area contributed by atoms with Crippen molar-refractivity contribution in [3.8, 4) is 0 Å². The molecule has 2 rings (SSSR count). The largest absolute Gasteiger partial charge is 0.0898 e. The van der Waals surface area contributed by atoms with Crippen LogP contribution < -0.4 is 0 Å².